The number of rotatable bonds is 10. The van der Waals surface area contributed by atoms with E-state index in [0.29, 0.717) is 24.5 Å². The molecule has 3 rings (SSSR count). The minimum absolute atomic E-state index is 0.0572. The molecule has 0 aliphatic carbocycles. The minimum atomic E-state index is -0.136. The predicted molar refractivity (Wildman–Crippen MR) is 134 cm³/mol. The van der Waals surface area contributed by atoms with Crippen LogP contribution in [0.5, 0.6) is 5.75 Å². The number of pyridine rings is 1. The fourth-order valence-corrected chi connectivity index (χ4v) is 3.22. The Bertz CT molecular complexity index is 1150. The number of likely N-dealkylation sites (N-methyl/N-ethyl adjacent to an activating group) is 1. The quantitative estimate of drug-likeness (QED) is 0.450. The van der Waals surface area contributed by atoms with Crippen molar-refractivity contribution in [3.63, 3.8) is 0 Å². The molecule has 7 nitrogen and oxygen atoms in total. The first-order chi connectivity index (χ1) is 16.7. The minimum Gasteiger partial charge on any atom is -0.492 e. The number of aromatic nitrogens is 2. The molecule has 0 atom stereocenters. The Morgan fingerprint density at radius 2 is 1.86 bits per heavy atom. The van der Waals surface area contributed by atoms with Gasteiger partial charge in [-0.1, -0.05) is 37.9 Å². The summed E-state index contributed by atoms with van der Waals surface area (Å²) in [5, 5.41) is 12.9. The van der Waals surface area contributed by atoms with Crippen molar-refractivity contribution in [3.8, 4) is 17.6 Å². The molecule has 0 spiro atoms. The molecule has 0 aliphatic rings. The Morgan fingerprint density at radius 3 is 2.49 bits per heavy atom. The maximum absolute atomic E-state index is 12.4. The molecule has 3 aromatic rings. The van der Waals surface area contributed by atoms with Gasteiger partial charge in [-0.25, -0.2) is 4.98 Å². The van der Waals surface area contributed by atoms with Crippen molar-refractivity contribution in [2.75, 3.05) is 33.4 Å². The summed E-state index contributed by atoms with van der Waals surface area (Å²) < 4.78 is 11.1. The van der Waals surface area contributed by atoms with E-state index in [9.17, 15) is 4.79 Å². The number of ketones is 1. The first kappa shape index (κ1) is 26.1. The largest absolute Gasteiger partial charge is 0.492 e. The SMILES string of the molecule is CN(CCO)CCOc1ccc(C#Cc2ccc(CC(=O)Cc3cc(C(C)(C)C)on3)cn2)cc1. The Balaban J connectivity index is 1.48. The zero-order valence-corrected chi connectivity index (χ0v) is 20.9. The van der Waals surface area contributed by atoms with Crippen molar-refractivity contribution in [1.29, 1.82) is 0 Å². The number of Topliss-reactive ketones (excluding diaryl/α,β-unsaturated/α-hetero) is 1. The number of benzene rings is 1. The number of nitrogens with zero attached hydrogens (tertiary/aromatic N) is 3. The molecule has 0 bridgehead atoms. The third-order valence-electron chi connectivity index (χ3n) is 5.32. The van der Waals surface area contributed by atoms with Gasteiger partial charge in [0.05, 0.1) is 18.7 Å². The van der Waals surface area contributed by atoms with E-state index in [0.717, 1.165) is 29.2 Å². The van der Waals surface area contributed by atoms with E-state index in [2.05, 4.69) is 22.0 Å². The normalized spacial score (nSPS) is 11.3. The molecular formula is C28H33N3O4. The number of aliphatic hydroxyl groups excluding tert-OH is 1. The number of ether oxygens (including phenoxy) is 1. The van der Waals surface area contributed by atoms with Crippen LogP contribution in [0.3, 0.4) is 0 Å². The second kappa shape index (κ2) is 12.3. The van der Waals surface area contributed by atoms with Crippen molar-refractivity contribution < 1.29 is 19.2 Å². The average molecular weight is 476 g/mol. The molecule has 0 saturated carbocycles. The summed E-state index contributed by atoms with van der Waals surface area (Å²) in [5.74, 6) is 7.75. The second-order valence-electron chi connectivity index (χ2n) is 9.53. The van der Waals surface area contributed by atoms with Crippen LogP contribution in [-0.2, 0) is 23.1 Å². The lowest BCUT2D eigenvalue weighted by Crippen LogP contribution is -2.27. The van der Waals surface area contributed by atoms with E-state index < -0.39 is 0 Å². The van der Waals surface area contributed by atoms with Crippen molar-refractivity contribution in [2.24, 2.45) is 0 Å². The standard InChI is InChI=1S/C28H33N3O4/c1-28(2,3)27-19-24(30-35-27)18-25(33)17-22-6-10-23(29-20-22)9-5-21-7-11-26(12-8-21)34-16-14-31(4)13-15-32/h6-8,10-12,19-20,32H,13-18H2,1-4H3. The third kappa shape index (κ3) is 8.67. The van der Waals surface area contributed by atoms with Crippen LogP contribution in [0.1, 0.15) is 49.0 Å². The molecule has 2 heterocycles. The zero-order chi connectivity index (χ0) is 25.3. The van der Waals surface area contributed by atoms with E-state index in [-0.39, 0.29) is 30.6 Å². The summed E-state index contributed by atoms with van der Waals surface area (Å²) in [6.45, 7) is 8.20. The second-order valence-corrected chi connectivity index (χ2v) is 9.53. The number of carbonyl (C=O) groups is 1. The van der Waals surface area contributed by atoms with Gasteiger partial charge < -0.3 is 19.3 Å². The third-order valence-corrected chi connectivity index (χ3v) is 5.32. The fourth-order valence-electron chi connectivity index (χ4n) is 3.22. The Kier molecular flexibility index (Phi) is 9.18. The highest BCUT2D eigenvalue weighted by Crippen LogP contribution is 2.23. The van der Waals surface area contributed by atoms with Gasteiger partial charge in [-0.2, -0.15) is 0 Å². The van der Waals surface area contributed by atoms with E-state index in [4.69, 9.17) is 14.4 Å². The average Bonchev–Trinajstić information content (AvgIpc) is 3.29. The topological polar surface area (TPSA) is 88.7 Å². The summed E-state index contributed by atoms with van der Waals surface area (Å²) in [5.41, 5.74) is 2.85. The van der Waals surface area contributed by atoms with Gasteiger partial charge in [0.25, 0.3) is 0 Å². The van der Waals surface area contributed by atoms with Crippen molar-refractivity contribution in [2.45, 2.75) is 39.0 Å². The maximum Gasteiger partial charge on any atom is 0.143 e. The Morgan fingerprint density at radius 1 is 1.09 bits per heavy atom. The van der Waals surface area contributed by atoms with Gasteiger partial charge in [-0.3, -0.25) is 4.79 Å². The molecule has 184 valence electrons. The molecule has 1 aromatic carbocycles. The molecule has 1 N–H and O–H groups in total. The van der Waals surface area contributed by atoms with Crippen LogP contribution in [0.4, 0.5) is 0 Å². The predicted octanol–water partition coefficient (Wildman–Crippen LogP) is 3.42. The number of carbonyl (C=O) groups excluding carboxylic acids is 1. The number of hydrogen-bond acceptors (Lipinski definition) is 7. The van der Waals surface area contributed by atoms with Crippen LogP contribution in [0.15, 0.2) is 53.2 Å². The molecule has 0 aliphatic heterocycles. The Labute approximate surface area is 207 Å². The summed E-state index contributed by atoms with van der Waals surface area (Å²) in [6, 6.07) is 13.1. The summed E-state index contributed by atoms with van der Waals surface area (Å²) in [6.07, 6.45) is 2.21. The van der Waals surface area contributed by atoms with Crippen LogP contribution in [0.25, 0.3) is 0 Å². The maximum atomic E-state index is 12.4. The Hall–Kier alpha value is -3.47. The smallest absolute Gasteiger partial charge is 0.143 e. The van der Waals surface area contributed by atoms with E-state index in [1.54, 1.807) is 6.20 Å². The lowest BCUT2D eigenvalue weighted by atomic mass is 9.93. The summed E-state index contributed by atoms with van der Waals surface area (Å²) >= 11 is 0. The van der Waals surface area contributed by atoms with Crippen LogP contribution < -0.4 is 4.74 Å². The lowest BCUT2D eigenvalue weighted by Gasteiger charge is -2.15. The van der Waals surface area contributed by atoms with Gasteiger partial charge in [0, 0.05) is 42.8 Å². The zero-order valence-electron chi connectivity index (χ0n) is 20.9. The lowest BCUT2D eigenvalue weighted by molar-refractivity contribution is -0.117. The van der Waals surface area contributed by atoms with E-state index in [1.807, 2.05) is 75.2 Å². The molecule has 35 heavy (non-hydrogen) atoms. The summed E-state index contributed by atoms with van der Waals surface area (Å²) in [4.78, 5) is 18.8. The number of hydrogen-bond donors (Lipinski definition) is 1. The van der Waals surface area contributed by atoms with Crippen LogP contribution in [-0.4, -0.2) is 59.3 Å². The monoisotopic (exact) mass is 475 g/mol. The molecular weight excluding hydrogens is 442 g/mol. The molecule has 0 unspecified atom stereocenters. The van der Waals surface area contributed by atoms with Gasteiger partial charge in [-0.15, -0.1) is 0 Å². The highest BCUT2D eigenvalue weighted by molar-refractivity contribution is 5.82. The molecule has 0 saturated heterocycles. The first-order valence-electron chi connectivity index (χ1n) is 11.7. The summed E-state index contributed by atoms with van der Waals surface area (Å²) in [7, 11) is 1.94. The molecule has 0 fully saturated rings. The van der Waals surface area contributed by atoms with Gasteiger partial charge in [-0.05, 0) is 48.9 Å². The van der Waals surface area contributed by atoms with Crippen molar-refractivity contribution in [1.82, 2.24) is 15.0 Å². The fraction of sp³-hybridized carbons (Fsp3) is 0.393. The first-order valence-corrected chi connectivity index (χ1v) is 11.7. The molecule has 7 heteroatoms. The van der Waals surface area contributed by atoms with Gasteiger partial charge in [0.2, 0.25) is 0 Å². The van der Waals surface area contributed by atoms with E-state index in [1.165, 1.54) is 0 Å². The van der Waals surface area contributed by atoms with Crippen molar-refractivity contribution >= 4 is 5.78 Å². The van der Waals surface area contributed by atoms with Gasteiger partial charge in [0.15, 0.2) is 0 Å². The number of aliphatic hydroxyl groups is 1. The molecule has 0 amide bonds. The highest BCUT2D eigenvalue weighted by atomic mass is 16.5. The van der Waals surface area contributed by atoms with Gasteiger partial charge in [0.1, 0.15) is 29.6 Å². The van der Waals surface area contributed by atoms with Gasteiger partial charge >= 0.3 is 0 Å². The molecule has 0 radical (unpaired) electrons. The van der Waals surface area contributed by atoms with E-state index >= 15 is 0 Å². The highest BCUT2D eigenvalue weighted by Gasteiger charge is 2.20. The van der Waals surface area contributed by atoms with Crippen molar-refractivity contribution in [3.05, 3.63) is 76.9 Å². The van der Waals surface area contributed by atoms with Crippen LogP contribution >= 0.6 is 0 Å². The van der Waals surface area contributed by atoms with Crippen LogP contribution in [0, 0.1) is 11.8 Å². The van der Waals surface area contributed by atoms with Crippen LogP contribution in [0.2, 0.25) is 0 Å². The molecule has 2 aromatic heterocycles.